The smallest absolute Gasteiger partial charge is 0.261 e. The van der Waals surface area contributed by atoms with Crippen molar-refractivity contribution in [3.63, 3.8) is 0 Å². The minimum absolute atomic E-state index is 0.189. The van der Waals surface area contributed by atoms with Crippen molar-refractivity contribution in [2.24, 2.45) is 0 Å². The zero-order valence-corrected chi connectivity index (χ0v) is 20.5. The lowest BCUT2D eigenvalue weighted by atomic mass is 10.0. The van der Waals surface area contributed by atoms with E-state index in [1.807, 2.05) is 19.9 Å². The van der Waals surface area contributed by atoms with Crippen molar-refractivity contribution in [3.05, 3.63) is 64.2 Å². The van der Waals surface area contributed by atoms with Crippen molar-refractivity contribution in [3.8, 4) is 0 Å². The summed E-state index contributed by atoms with van der Waals surface area (Å²) in [6.45, 7) is 6.92. The first-order chi connectivity index (χ1) is 16.1. The number of rotatable bonds is 6. The molecule has 0 atom stereocenters. The molecule has 8 nitrogen and oxygen atoms in total. The highest BCUT2D eigenvalue weighted by Crippen LogP contribution is 2.26. The van der Waals surface area contributed by atoms with E-state index in [9.17, 15) is 22.8 Å². The van der Waals surface area contributed by atoms with E-state index in [1.54, 1.807) is 30.0 Å². The molecular weight excluding hydrogens is 454 g/mol. The summed E-state index contributed by atoms with van der Waals surface area (Å²) in [7, 11) is -3.65. The van der Waals surface area contributed by atoms with Crippen LogP contribution < -0.4 is 0 Å². The Kier molecular flexibility index (Phi) is 6.60. The van der Waals surface area contributed by atoms with E-state index in [4.69, 9.17) is 0 Å². The molecule has 2 aromatic carbocycles. The number of piperazine rings is 1. The number of sulfonamides is 1. The molecule has 0 unspecified atom stereocenters. The summed E-state index contributed by atoms with van der Waals surface area (Å²) in [6, 6.07) is 9.84. The lowest BCUT2D eigenvalue weighted by Gasteiger charge is -2.34. The van der Waals surface area contributed by atoms with Crippen LogP contribution in [0.4, 0.5) is 0 Å². The van der Waals surface area contributed by atoms with Gasteiger partial charge in [0, 0.05) is 38.3 Å². The summed E-state index contributed by atoms with van der Waals surface area (Å²) in [5.41, 5.74) is 2.59. The fraction of sp³-hybridized carbons (Fsp3) is 0.400. The molecule has 0 radical (unpaired) electrons. The Morgan fingerprint density at radius 2 is 1.59 bits per heavy atom. The third-order valence-electron chi connectivity index (χ3n) is 6.43. The van der Waals surface area contributed by atoms with Gasteiger partial charge in [-0.25, -0.2) is 8.42 Å². The molecule has 0 spiro atoms. The maximum atomic E-state index is 13.1. The van der Waals surface area contributed by atoms with E-state index < -0.39 is 10.0 Å². The molecule has 1 fully saturated rings. The maximum Gasteiger partial charge on any atom is 0.261 e. The summed E-state index contributed by atoms with van der Waals surface area (Å²) in [5, 5.41) is 0. The van der Waals surface area contributed by atoms with Gasteiger partial charge in [0.15, 0.2) is 0 Å². The number of hydrogen-bond acceptors (Lipinski definition) is 5. The average molecular weight is 484 g/mol. The van der Waals surface area contributed by atoms with Gasteiger partial charge in [-0.05, 0) is 50.1 Å². The predicted octanol–water partition coefficient (Wildman–Crippen LogP) is 2.85. The van der Waals surface area contributed by atoms with Crippen LogP contribution in [0.5, 0.6) is 0 Å². The molecule has 4 rings (SSSR count). The lowest BCUT2D eigenvalue weighted by molar-refractivity contribution is 0.0651. The molecule has 1 saturated heterocycles. The molecule has 0 aromatic heterocycles. The van der Waals surface area contributed by atoms with Gasteiger partial charge in [-0.3, -0.25) is 19.3 Å². The van der Waals surface area contributed by atoms with Crippen LogP contribution in [0.3, 0.4) is 0 Å². The van der Waals surface area contributed by atoms with Crippen molar-refractivity contribution >= 4 is 27.7 Å². The van der Waals surface area contributed by atoms with Gasteiger partial charge in [0.05, 0.1) is 16.0 Å². The Labute approximate surface area is 200 Å². The molecule has 2 aliphatic rings. The van der Waals surface area contributed by atoms with Gasteiger partial charge in [0.1, 0.15) is 0 Å². The van der Waals surface area contributed by atoms with Gasteiger partial charge >= 0.3 is 0 Å². The molecule has 2 heterocycles. The van der Waals surface area contributed by atoms with Crippen molar-refractivity contribution in [1.82, 2.24) is 14.1 Å². The van der Waals surface area contributed by atoms with E-state index in [0.29, 0.717) is 23.2 Å². The Morgan fingerprint density at radius 1 is 0.912 bits per heavy atom. The van der Waals surface area contributed by atoms with Gasteiger partial charge < -0.3 is 4.90 Å². The van der Waals surface area contributed by atoms with Gasteiger partial charge in [0.2, 0.25) is 10.0 Å². The molecule has 0 aliphatic carbocycles. The van der Waals surface area contributed by atoms with Crippen LogP contribution in [0.25, 0.3) is 0 Å². The summed E-state index contributed by atoms with van der Waals surface area (Å²) in [4.78, 5) is 41.5. The zero-order chi connectivity index (χ0) is 24.6. The van der Waals surface area contributed by atoms with Crippen LogP contribution in [0.1, 0.15) is 62.0 Å². The van der Waals surface area contributed by atoms with Crippen LogP contribution in [-0.2, 0) is 10.0 Å². The number of aryl methyl sites for hydroxylation is 2. The van der Waals surface area contributed by atoms with Gasteiger partial charge in [0.25, 0.3) is 17.7 Å². The molecular formula is C25H29N3O5S. The third kappa shape index (κ3) is 4.25. The molecule has 0 saturated carbocycles. The molecule has 34 heavy (non-hydrogen) atoms. The van der Waals surface area contributed by atoms with Crippen molar-refractivity contribution in [2.75, 3.05) is 32.7 Å². The van der Waals surface area contributed by atoms with E-state index in [1.165, 1.54) is 21.3 Å². The normalized spacial score (nSPS) is 16.8. The number of carbonyl (C=O) groups excluding carboxylic acids is 3. The topological polar surface area (TPSA) is 95.1 Å². The minimum atomic E-state index is -3.65. The predicted molar refractivity (Wildman–Crippen MR) is 127 cm³/mol. The quantitative estimate of drug-likeness (QED) is 0.589. The Balaban J connectivity index is 1.46. The molecule has 9 heteroatoms. The number of imide groups is 1. The number of benzene rings is 2. The molecule has 0 bridgehead atoms. The molecule has 180 valence electrons. The van der Waals surface area contributed by atoms with E-state index in [0.717, 1.165) is 18.4 Å². The van der Waals surface area contributed by atoms with Crippen LogP contribution in [-0.4, -0.2) is 73.0 Å². The fourth-order valence-electron chi connectivity index (χ4n) is 4.49. The van der Waals surface area contributed by atoms with Crippen molar-refractivity contribution in [2.45, 2.75) is 38.5 Å². The Morgan fingerprint density at radius 3 is 2.24 bits per heavy atom. The Hall–Kier alpha value is -3.04. The summed E-state index contributed by atoms with van der Waals surface area (Å²) in [6.07, 6.45) is 1.59. The SMILES string of the molecule is CCCCN1C(=O)c2ccc(C(=O)N3CCN(S(=O)(=O)c4ccc(C)cc4C)CC3)cc2C1=O. The largest absolute Gasteiger partial charge is 0.336 e. The van der Waals surface area contributed by atoms with Crippen LogP contribution in [0.15, 0.2) is 41.3 Å². The second kappa shape index (κ2) is 9.31. The number of amides is 3. The third-order valence-corrected chi connectivity index (χ3v) is 8.49. The number of hydrogen-bond donors (Lipinski definition) is 0. The monoisotopic (exact) mass is 483 g/mol. The standard InChI is InChI=1S/C25H29N3O5S/c1-4-5-10-28-24(30)20-8-7-19(16-21(20)25(28)31)23(29)26-11-13-27(14-12-26)34(32,33)22-9-6-17(2)15-18(22)3/h6-9,15-16H,4-5,10-14H2,1-3H3. The first-order valence-electron chi connectivity index (χ1n) is 11.5. The van der Waals surface area contributed by atoms with Gasteiger partial charge in [-0.1, -0.05) is 31.0 Å². The molecule has 2 aliphatic heterocycles. The summed E-state index contributed by atoms with van der Waals surface area (Å²) in [5.74, 6) is -0.969. The molecule has 2 aromatic rings. The van der Waals surface area contributed by atoms with Crippen molar-refractivity contribution < 1.29 is 22.8 Å². The van der Waals surface area contributed by atoms with Crippen LogP contribution in [0, 0.1) is 13.8 Å². The van der Waals surface area contributed by atoms with E-state index in [2.05, 4.69) is 0 Å². The maximum absolute atomic E-state index is 13.1. The highest BCUT2D eigenvalue weighted by Gasteiger charge is 2.36. The van der Waals surface area contributed by atoms with Crippen LogP contribution in [0.2, 0.25) is 0 Å². The first kappa shape index (κ1) is 24.1. The summed E-state index contributed by atoms with van der Waals surface area (Å²) < 4.78 is 27.6. The van der Waals surface area contributed by atoms with Gasteiger partial charge in [-0.15, -0.1) is 0 Å². The average Bonchev–Trinajstić information content (AvgIpc) is 3.06. The zero-order valence-electron chi connectivity index (χ0n) is 19.7. The number of fused-ring (bicyclic) bond motifs is 1. The van der Waals surface area contributed by atoms with E-state index >= 15 is 0 Å². The minimum Gasteiger partial charge on any atom is -0.336 e. The number of nitrogens with zero attached hydrogens (tertiary/aromatic N) is 3. The Bertz CT molecular complexity index is 1260. The highest BCUT2D eigenvalue weighted by molar-refractivity contribution is 7.89. The lowest BCUT2D eigenvalue weighted by Crippen LogP contribution is -2.50. The molecule has 0 N–H and O–H groups in total. The van der Waals surface area contributed by atoms with E-state index in [-0.39, 0.29) is 54.4 Å². The molecule has 3 amide bonds. The first-order valence-corrected chi connectivity index (χ1v) is 13.0. The van der Waals surface area contributed by atoms with Gasteiger partial charge in [-0.2, -0.15) is 4.31 Å². The second-order valence-corrected chi connectivity index (χ2v) is 10.7. The fourth-order valence-corrected chi connectivity index (χ4v) is 6.11. The second-order valence-electron chi connectivity index (χ2n) is 8.84. The van der Waals surface area contributed by atoms with Crippen LogP contribution >= 0.6 is 0 Å². The summed E-state index contributed by atoms with van der Waals surface area (Å²) >= 11 is 0. The highest BCUT2D eigenvalue weighted by atomic mass is 32.2. The number of unbranched alkanes of at least 4 members (excludes halogenated alkanes) is 1. The number of carbonyl (C=O) groups is 3. The van der Waals surface area contributed by atoms with Crippen molar-refractivity contribution in [1.29, 1.82) is 0 Å².